The number of hydrogen-bond donors (Lipinski definition) is 1. The maximum Gasteiger partial charge on any atom is 0.150 e. The second-order valence-corrected chi connectivity index (χ2v) is 4.53. The van der Waals surface area contributed by atoms with Crippen molar-refractivity contribution in [3.05, 3.63) is 45.2 Å². The average Bonchev–Trinajstić information content (AvgIpc) is 2.26. The van der Waals surface area contributed by atoms with Gasteiger partial charge in [0.05, 0.1) is 0 Å². The SMILES string of the molecule is Cc1ccc(-c2cc(Cl)n[nH]c2=S)cc1C. The normalized spacial score (nSPS) is 10.4. The minimum atomic E-state index is 0.418. The van der Waals surface area contributed by atoms with Crippen molar-refractivity contribution in [3.63, 3.8) is 0 Å². The van der Waals surface area contributed by atoms with Gasteiger partial charge in [-0.25, -0.2) is 0 Å². The lowest BCUT2D eigenvalue weighted by Crippen LogP contribution is -1.89. The van der Waals surface area contributed by atoms with Crippen LogP contribution in [-0.2, 0) is 0 Å². The van der Waals surface area contributed by atoms with E-state index in [-0.39, 0.29) is 0 Å². The van der Waals surface area contributed by atoms with Gasteiger partial charge in [0, 0.05) is 5.56 Å². The third-order valence-electron chi connectivity index (χ3n) is 2.59. The van der Waals surface area contributed by atoms with Crippen molar-refractivity contribution in [3.8, 4) is 11.1 Å². The van der Waals surface area contributed by atoms with E-state index in [0.717, 1.165) is 11.1 Å². The molecule has 16 heavy (non-hydrogen) atoms. The summed E-state index contributed by atoms with van der Waals surface area (Å²) in [6.07, 6.45) is 0. The summed E-state index contributed by atoms with van der Waals surface area (Å²) in [5.41, 5.74) is 4.48. The highest BCUT2D eigenvalue weighted by Gasteiger charge is 2.03. The van der Waals surface area contributed by atoms with Gasteiger partial charge < -0.3 is 0 Å². The van der Waals surface area contributed by atoms with Crippen molar-refractivity contribution in [2.24, 2.45) is 0 Å². The molecule has 2 aromatic rings. The molecule has 0 unspecified atom stereocenters. The van der Waals surface area contributed by atoms with E-state index in [1.807, 2.05) is 6.07 Å². The minimum absolute atomic E-state index is 0.418. The van der Waals surface area contributed by atoms with Crippen molar-refractivity contribution in [1.82, 2.24) is 10.2 Å². The predicted octanol–water partition coefficient (Wildman–Crippen LogP) is 4.08. The van der Waals surface area contributed by atoms with Crippen LogP contribution in [-0.4, -0.2) is 10.2 Å². The molecule has 0 bridgehead atoms. The number of halogens is 1. The molecule has 0 aliphatic heterocycles. The molecule has 0 amide bonds. The average molecular weight is 251 g/mol. The lowest BCUT2D eigenvalue weighted by molar-refractivity contribution is 1.02. The fourth-order valence-electron chi connectivity index (χ4n) is 1.50. The van der Waals surface area contributed by atoms with Crippen LogP contribution in [0.4, 0.5) is 0 Å². The molecule has 0 fully saturated rings. The van der Waals surface area contributed by atoms with Crippen molar-refractivity contribution < 1.29 is 0 Å². The topological polar surface area (TPSA) is 28.7 Å². The Bertz CT molecular complexity index is 590. The fraction of sp³-hybridized carbons (Fsp3) is 0.167. The van der Waals surface area contributed by atoms with E-state index in [9.17, 15) is 0 Å². The number of aromatic nitrogens is 2. The van der Waals surface area contributed by atoms with Crippen LogP contribution in [0.1, 0.15) is 11.1 Å². The molecule has 0 atom stereocenters. The van der Waals surface area contributed by atoms with Gasteiger partial charge in [-0.15, -0.1) is 0 Å². The van der Waals surface area contributed by atoms with Crippen LogP contribution in [0.2, 0.25) is 5.15 Å². The molecule has 2 nitrogen and oxygen atoms in total. The first-order chi connectivity index (χ1) is 7.58. The second-order valence-electron chi connectivity index (χ2n) is 3.73. The zero-order valence-corrected chi connectivity index (χ0v) is 10.6. The zero-order chi connectivity index (χ0) is 11.7. The van der Waals surface area contributed by atoms with E-state index in [1.165, 1.54) is 11.1 Å². The van der Waals surface area contributed by atoms with Gasteiger partial charge in [0.1, 0.15) is 9.79 Å². The molecule has 0 spiro atoms. The molecular weight excluding hydrogens is 240 g/mol. The summed E-state index contributed by atoms with van der Waals surface area (Å²) in [7, 11) is 0. The summed E-state index contributed by atoms with van der Waals surface area (Å²) in [4.78, 5) is 0. The van der Waals surface area contributed by atoms with Gasteiger partial charge in [0.25, 0.3) is 0 Å². The lowest BCUT2D eigenvalue weighted by atomic mass is 10.0. The number of rotatable bonds is 1. The summed E-state index contributed by atoms with van der Waals surface area (Å²) in [5, 5.41) is 6.99. The summed E-state index contributed by atoms with van der Waals surface area (Å²) in [6, 6.07) is 8.00. The predicted molar refractivity (Wildman–Crippen MR) is 69.3 cm³/mol. The molecule has 0 saturated heterocycles. The number of aryl methyl sites for hydroxylation is 2. The van der Waals surface area contributed by atoms with Crippen LogP contribution in [0.3, 0.4) is 0 Å². The van der Waals surface area contributed by atoms with Crippen molar-refractivity contribution in [2.45, 2.75) is 13.8 Å². The summed E-state index contributed by atoms with van der Waals surface area (Å²) in [5.74, 6) is 0. The van der Waals surface area contributed by atoms with Gasteiger partial charge in [-0.05, 0) is 36.6 Å². The van der Waals surface area contributed by atoms with Crippen molar-refractivity contribution in [1.29, 1.82) is 0 Å². The Kier molecular flexibility index (Phi) is 3.08. The van der Waals surface area contributed by atoms with E-state index in [0.29, 0.717) is 9.79 Å². The highest BCUT2D eigenvalue weighted by atomic mass is 35.5. The van der Waals surface area contributed by atoms with Gasteiger partial charge in [-0.3, -0.25) is 5.10 Å². The zero-order valence-electron chi connectivity index (χ0n) is 9.04. The van der Waals surface area contributed by atoms with Gasteiger partial charge >= 0.3 is 0 Å². The molecular formula is C12H11ClN2S. The molecule has 0 saturated carbocycles. The van der Waals surface area contributed by atoms with E-state index < -0.39 is 0 Å². The van der Waals surface area contributed by atoms with Gasteiger partial charge in [0.2, 0.25) is 0 Å². The highest BCUT2D eigenvalue weighted by Crippen LogP contribution is 2.24. The van der Waals surface area contributed by atoms with Crippen LogP contribution in [0.15, 0.2) is 24.3 Å². The van der Waals surface area contributed by atoms with Gasteiger partial charge in [-0.1, -0.05) is 42.0 Å². The maximum absolute atomic E-state index is 5.85. The molecule has 0 aliphatic carbocycles. The highest BCUT2D eigenvalue weighted by molar-refractivity contribution is 7.71. The van der Waals surface area contributed by atoms with Crippen LogP contribution < -0.4 is 0 Å². The Labute approximate surface area is 104 Å². The Balaban J connectivity index is 2.63. The first-order valence-electron chi connectivity index (χ1n) is 4.91. The molecule has 1 N–H and O–H groups in total. The van der Waals surface area contributed by atoms with E-state index in [4.69, 9.17) is 23.8 Å². The van der Waals surface area contributed by atoms with Gasteiger partial charge in [-0.2, -0.15) is 5.10 Å². The quantitative estimate of drug-likeness (QED) is 0.773. The smallest absolute Gasteiger partial charge is 0.150 e. The van der Waals surface area contributed by atoms with E-state index in [1.54, 1.807) is 6.07 Å². The molecule has 1 aromatic heterocycles. The summed E-state index contributed by atoms with van der Waals surface area (Å²) in [6.45, 7) is 4.16. The van der Waals surface area contributed by atoms with E-state index >= 15 is 0 Å². The Morgan fingerprint density at radius 3 is 2.62 bits per heavy atom. The summed E-state index contributed by atoms with van der Waals surface area (Å²) >= 11 is 11.0. The molecule has 2 rings (SSSR count). The monoisotopic (exact) mass is 250 g/mol. The number of hydrogen-bond acceptors (Lipinski definition) is 2. The summed E-state index contributed by atoms with van der Waals surface area (Å²) < 4.78 is 0.604. The van der Waals surface area contributed by atoms with Crippen LogP contribution in [0.5, 0.6) is 0 Å². The van der Waals surface area contributed by atoms with Crippen LogP contribution in [0, 0.1) is 18.5 Å². The number of nitrogens with one attached hydrogen (secondary N) is 1. The first kappa shape index (κ1) is 11.3. The van der Waals surface area contributed by atoms with Crippen LogP contribution in [0.25, 0.3) is 11.1 Å². The number of H-pyrrole nitrogens is 1. The maximum atomic E-state index is 5.85. The Hall–Kier alpha value is -1.19. The number of benzene rings is 1. The largest absolute Gasteiger partial charge is 0.266 e. The third kappa shape index (κ3) is 2.15. The number of nitrogens with zero attached hydrogens (tertiary/aromatic N) is 1. The molecule has 1 heterocycles. The minimum Gasteiger partial charge on any atom is -0.266 e. The van der Waals surface area contributed by atoms with Crippen LogP contribution >= 0.6 is 23.8 Å². The Morgan fingerprint density at radius 1 is 1.19 bits per heavy atom. The van der Waals surface area contributed by atoms with E-state index in [2.05, 4.69) is 36.2 Å². The first-order valence-corrected chi connectivity index (χ1v) is 5.69. The second kappa shape index (κ2) is 4.36. The standard InChI is InChI=1S/C12H11ClN2S/c1-7-3-4-9(5-8(7)2)10-6-11(13)14-15-12(10)16/h3-6H,1-2H3,(H,15,16). The fourth-order valence-corrected chi connectivity index (χ4v) is 1.88. The molecule has 4 heteroatoms. The molecule has 0 radical (unpaired) electrons. The molecule has 0 aliphatic rings. The Morgan fingerprint density at radius 2 is 1.94 bits per heavy atom. The number of aromatic amines is 1. The molecule has 1 aromatic carbocycles. The third-order valence-corrected chi connectivity index (χ3v) is 3.10. The van der Waals surface area contributed by atoms with Gasteiger partial charge in [0.15, 0.2) is 0 Å². The van der Waals surface area contributed by atoms with Crippen molar-refractivity contribution in [2.75, 3.05) is 0 Å². The lowest BCUT2D eigenvalue weighted by Gasteiger charge is -2.05. The molecule has 82 valence electrons. The van der Waals surface area contributed by atoms with Crippen molar-refractivity contribution >= 4 is 23.8 Å².